The smallest absolute Gasteiger partial charge is 0.0986 e. The molecule has 0 spiro atoms. The van der Waals surface area contributed by atoms with E-state index in [1.165, 1.54) is 32.1 Å². The van der Waals surface area contributed by atoms with Crippen LogP contribution in [0.5, 0.6) is 0 Å². The Morgan fingerprint density at radius 3 is 2.53 bits per heavy atom. The molecule has 102 valence electrons. The molecule has 1 aliphatic carbocycles. The van der Waals surface area contributed by atoms with E-state index >= 15 is 0 Å². The Balaban J connectivity index is 2.00. The minimum atomic E-state index is 0.255. The van der Waals surface area contributed by atoms with Crippen molar-refractivity contribution in [1.82, 2.24) is 5.32 Å². The zero-order chi connectivity index (χ0) is 12.5. The quantitative estimate of drug-likeness (QED) is 0.598. The van der Waals surface area contributed by atoms with Gasteiger partial charge in [-0.25, -0.2) is 0 Å². The fourth-order valence-electron chi connectivity index (χ4n) is 2.46. The summed E-state index contributed by atoms with van der Waals surface area (Å²) >= 11 is 0. The van der Waals surface area contributed by atoms with Gasteiger partial charge in [0.2, 0.25) is 0 Å². The predicted molar refractivity (Wildman–Crippen MR) is 71.4 cm³/mol. The van der Waals surface area contributed by atoms with Crippen molar-refractivity contribution in [3.8, 4) is 0 Å². The summed E-state index contributed by atoms with van der Waals surface area (Å²) in [6.45, 7) is 6.28. The molecule has 3 nitrogen and oxygen atoms in total. The Morgan fingerprint density at radius 1 is 1.12 bits per heavy atom. The first-order chi connectivity index (χ1) is 8.33. The van der Waals surface area contributed by atoms with E-state index in [-0.39, 0.29) is 6.10 Å². The van der Waals surface area contributed by atoms with E-state index in [2.05, 4.69) is 19.2 Å². The lowest BCUT2D eigenvalue weighted by atomic mass is 9.85. The van der Waals surface area contributed by atoms with Crippen LogP contribution < -0.4 is 5.32 Å². The van der Waals surface area contributed by atoms with E-state index in [1.807, 2.05) is 0 Å². The largest absolute Gasteiger partial charge is 0.377 e. The molecular formula is C14H29NO2. The molecule has 1 saturated carbocycles. The Morgan fingerprint density at radius 2 is 1.88 bits per heavy atom. The van der Waals surface area contributed by atoms with Crippen molar-refractivity contribution >= 4 is 0 Å². The van der Waals surface area contributed by atoms with Gasteiger partial charge in [-0.3, -0.25) is 0 Å². The van der Waals surface area contributed by atoms with Gasteiger partial charge in [0.05, 0.1) is 12.2 Å². The van der Waals surface area contributed by atoms with Crippen molar-refractivity contribution in [2.45, 2.75) is 70.6 Å². The molecule has 0 bridgehead atoms. The molecular weight excluding hydrogens is 214 g/mol. The molecule has 0 amide bonds. The van der Waals surface area contributed by atoms with Crippen LogP contribution in [0.1, 0.15) is 52.4 Å². The van der Waals surface area contributed by atoms with Gasteiger partial charge < -0.3 is 14.8 Å². The van der Waals surface area contributed by atoms with Crippen molar-refractivity contribution in [2.75, 3.05) is 20.3 Å². The van der Waals surface area contributed by atoms with E-state index in [0.29, 0.717) is 12.1 Å². The second-order valence-corrected chi connectivity index (χ2v) is 4.92. The summed E-state index contributed by atoms with van der Waals surface area (Å²) in [5.41, 5.74) is 0. The standard InChI is InChI=1S/C14H29NO2/c1-4-6-7-8-9-10-17-13-11-12(15-5-2)14(13)16-3/h12-15H,4-11H2,1-3H3. The molecule has 3 unspecified atom stereocenters. The Kier molecular flexibility index (Phi) is 7.82. The molecule has 0 saturated heterocycles. The molecule has 0 aliphatic heterocycles. The molecule has 17 heavy (non-hydrogen) atoms. The number of hydrogen-bond acceptors (Lipinski definition) is 3. The fraction of sp³-hybridized carbons (Fsp3) is 1.00. The summed E-state index contributed by atoms with van der Waals surface area (Å²) in [6.07, 6.45) is 8.17. The number of methoxy groups -OCH3 is 1. The lowest BCUT2D eigenvalue weighted by Crippen LogP contribution is -2.59. The van der Waals surface area contributed by atoms with Crippen LogP contribution in [0.2, 0.25) is 0 Å². The normalized spacial score (nSPS) is 28.1. The fourth-order valence-corrected chi connectivity index (χ4v) is 2.46. The van der Waals surface area contributed by atoms with Gasteiger partial charge >= 0.3 is 0 Å². The van der Waals surface area contributed by atoms with Crippen LogP contribution in [0.15, 0.2) is 0 Å². The van der Waals surface area contributed by atoms with Crippen LogP contribution in [0.4, 0.5) is 0 Å². The number of unbranched alkanes of at least 4 members (excludes halogenated alkanes) is 4. The minimum absolute atomic E-state index is 0.255. The predicted octanol–water partition coefficient (Wildman–Crippen LogP) is 2.74. The van der Waals surface area contributed by atoms with Crippen LogP contribution in [0.25, 0.3) is 0 Å². The molecule has 1 N–H and O–H groups in total. The maximum Gasteiger partial charge on any atom is 0.0986 e. The third-order valence-electron chi connectivity index (χ3n) is 3.57. The molecule has 0 aromatic rings. The van der Waals surface area contributed by atoms with E-state index in [9.17, 15) is 0 Å². The first-order valence-corrected chi connectivity index (χ1v) is 7.21. The molecule has 0 aromatic heterocycles. The summed E-state index contributed by atoms with van der Waals surface area (Å²) in [5.74, 6) is 0. The molecule has 1 aliphatic rings. The minimum Gasteiger partial charge on any atom is -0.377 e. The van der Waals surface area contributed by atoms with Gasteiger partial charge in [0.25, 0.3) is 0 Å². The number of hydrogen-bond donors (Lipinski definition) is 1. The van der Waals surface area contributed by atoms with E-state index in [0.717, 1.165) is 19.6 Å². The average molecular weight is 243 g/mol. The first-order valence-electron chi connectivity index (χ1n) is 7.21. The lowest BCUT2D eigenvalue weighted by molar-refractivity contribution is -0.134. The monoisotopic (exact) mass is 243 g/mol. The molecule has 0 radical (unpaired) electrons. The summed E-state index contributed by atoms with van der Waals surface area (Å²) in [4.78, 5) is 0. The second kappa shape index (κ2) is 8.90. The van der Waals surface area contributed by atoms with Crippen molar-refractivity contribution < 1.29 is 9.47 Å². The number of ether oxygens (including phenoxy) is 2. The average Bonchev–Trinajstić information content (AvgIpc) is 2.31. The van der Waals surface area contributed by atoms with Gasteiger partial charge in [0.15, 0.2) is 0 Å². The van der Waals surface area contributed by atoms with Gasteiger partial charge in [0, 0.05) is 19.8 Å². The zero-order valence-electron chi connectivity index (χ0n) is 11.7. The van der Waals surface area contributed by atoms with Crippen molar-refractivity contribution in [3.05, 3.63) is 0 Å². The number of likely N-dealkylation sites (N-methyl/N-ethyl adjacent to an activating group) is 1. The molecule has 0 aromatic carbocycles. The number of rotatable bonds is 10. The van der Waals surface area contributed by atoms with E-state index in [1.54, 1.807) is 7.11 Å². The summed E-state index contributed by atoms with van der Waals surface area (Å²) in [7, 11) is 1.78. The third kappa shape index (κ3) is 4.94. The van der Waals surface area contributed by atoms with Gasteiger partial charge in [-0.1, -0.05) is 39.5 Å². The molecule has 0 heterocycles. The lowest BCUT2D eigenvalue weighted by Gasteiger charge is -2.43. The van der Waals surface area contributed by atoms with Crippen LogP contribution in [-0.4, -0.2) is 38.5 Å². The Labute approximate surface area is 106 Å². The van der Waals surface area contributed by atoms with Crippen molar-refractivity contribution in [1.29, 1.82) is 0 Å². The molecule has 1 rings (SSSR count). The molecule has 1 fully saturated rings. The summed E-state index contributed by atoms with van der Waals surface area (Å²) in [5, 5.41) is 3.43. The van der Waals surface area contributed by atoms with Crippen molar-refractivity contribution in [2.24, 2.45) is 0 Å². The maximum atomic E-state index is 5.87. The van der Waals surface area contributed by atoms with E-state index < -0.39 is 0 Å². The Bertz CT molecular complexity index is 187. The van der Waals surface area contributed by atoms with Gasteiger partial charge in [-0.2, -0.15) is 0 Å². The topological polar surface area (TPSA) is 30.5 Å². The van der Waals surface area contributed by atoms with Gasteiger partial charge in [-0.05, 0) is 19.4 Å². The molecule has 3 atom stereocenters. The summed E-state index contributed by atoms with van der Waals surface area (Å²) in [6, 6.07) is 0.495. The number of nitrogens with one attached hydrogen (secondary N) is 1. The van der Waals surface area contributed by atoms with Crippen LogP contribution >= 0.6 is 0 Å². The van der Waals surface area contributed by atoms with Crippen molar-refractivity contribution in [3.63, 3.8) is 0 Å². The van der Waals surface area contributed by atoms with Crippen LogP contribution in [-0.2, 0) is 9.47 Å². The highest BCUT2D eigenvalue weighted by Gasteiger charge is 2.41. The highest BCUT2D eigenvalue weighted by atomic mass is 16.5. The first kappa shape index (κ1) is 14.9. The van der Waals surface area contributed by atoms with E-state index in [4.69, 9.17) is 9.47 Å². The summed E-state index contributed by atoms with van der Waals surface area (Å²) < 4.78 is 11.3. The third-order valence-corrected chi connectivity index (χ3v) is 3.57. The Hall–Kier alpha value is -0.120. The van der Waals surface area contributed by atoms with Gasteiger partial charge in [-0.15, -0.1) is 0 Å². The zero-order valence-corrected chi connectivity index (χ0v) is 11.7. The molecule has 3 heteroatoms. The van der Waals surface area contributed by atoms with Crippen LogP contribution in [0.3, 0.4) is 0 Å². The van der Waals surface area contributed by atoms with Crippen LogP contribution in [0, 0.1) is 0 Å². The highest BCUT2D eigenvalue weighted by Crippen LogP contribution is 2.27. The maximum absolute atomic E-state index is 5.87. The van der Waals surface area contributed by atoms with Gasteiger partial charge in [0.1, 0.15) is 0 Å². The second-order valence-electron chi connectivity index (χ2n) is 4.92. The highest BCUT2D eigenvalue weighted by molar-refractivity contribution is 4.96. The SMILES string of the molecule is CCCCCCCOC1CC(NCC)C1OC.